The molecule has 0 unspecified atom stereocenters. The molecule has 0 radical (unpaired) electrons. The topological polar surface area (TPSA) is 40.5 Å². The van der Waals surface area contributed by atoms with Crippen LogP contribution in [0.15, 0.2) is 0 Å². The van der Waals surface area contributed by atoms with E-state index < -0.39 is 0 Å². The minimum absolute atomic E-state index is 0. The van der Waals surface area contributed by atoms with Gasteiger partial charge in [-0.2, -0.15) is 12.8 Å². The van der Waals surface area contributed by atoms with Crippen LogP contribution in [0.3, 0.4) is 0 Å². The Morgan fingerprint density at radius 1 is 0.769 bits per heavy atom. The van der Waals surface area contributed by atoms with Crippen molar-refractivity contribution in [2.45, 2.75) is 39.5 Å². The van der Waals surface area contributed by atoms with E-state index >= 15 is 0 Å². The third kappa shape index (κ3) is 190. The molecular weight excluding hydrogens is 243 g/mol. The van der Waals surface area contributed by atoms with E-state index in [4.69, 9.17) is 10.2 Å². The molecule has 0 aromatic heterocycles. The van der Waals surface area contributed by atoms with Gasteiger partial charge >= 0.3 is 26.2 Å². The van der Waals surface area contributed by atoms with Crippen LogP contribution in [0.4, 0.5) is 0 Å². The van der Waals surface area contributed by atoms with Crippen molar-refractivity contribution in [3.63, 3.8) is 0 Å². The van der Waals surface area contributed by atoms with Crippen LogP contribution < -0.4 is 0 Å². The predicted octanol–water partition coefficient (Wildman–Crippen LogP) is 2.46. The molecule has 0 saturated carbocycles. The second kappa shape index (κ2) is 77.3. The molecule has 2 N–H and O–H groups in total. The maximum Gasteiger partial charge on any atom is 2.00 e. The van der Waals surface area contributed by atoms with E-state index in [2.05, 4.69) is 27.7 Å². The first-order valence-electron chi connectivity index (χ1n) is 4.31. The summed E-state index contributed by atoms with van der Waals surface area (Å²) in [6.07, 6.45) is 4.56. The zero-order chi connectivity index (χ0) is 10.8. The van der Waals surface area contributed by atoms with E-state index in [1.54, 1.807) is 0 Å². The molecule has 0 aliphatic carbocycles. The quantitative estimate of drug-likeness (QED) is 0.756. The second-order valence-corrected chi connectivity index (χ2v) is 1.71. The standard InChI is InChI=1S/2C4H9.2CH4O.Zr/c2*1-3-4-2;2*1-2;/h2*1,3-4H2,2H3;2*2H,1H3;/q2*-1;;;+2. The zero-order valence-corrected chi connectivity index (χ0v) is 12.1. The average molecular weight is 270 g/mol. The first-order valence-corrected chi connectivity index (χ1v) is 4.31. The van der Waals surface area contributed by atoms with Crippen LogP contribution in [0, 0.1) is 13.8 Å². The van der Waals surface area contributed by atoms with Crippen molar-refractivity contribution in [2.75, 3.05) is 14.2 Å². The third-order valence-corrected chi connectivity index (χ3v) is 0.707. The summed E-state index contributed by atoms with van der Waals surface area (Å²) in [5.41, 5.74) is 0. The van der Waals surface area contributed by atoms with Gasteiger partial charge in [-0.15, -0.1) is 0 Å². The fourth-order valence-corrected chi connectivity index (χ4v) is 0. The van der Waals surface area contributed by atoms with Gasteiger partial charge in [-0.25, -0.2) is 0 Å². The Kier molecular flexibility index (Phi) is 174. The molecule has 0 fully saturated rings. The number of aliphatic hydroxyl groups excluding tert-OH is 2. The van der Waals surface area contributed by atoms with Gasteiger partial charge < -0.3 is 24.1 Å². The van der Waals surface area contributed by atoms with Gasteiger partial charge in [0.25, 0.3) is 0 Å². The van der Waals surface area contributed by atoms with Crippen LogP contribution in [-0.4, -0.2) is 24.4 Å². The molecule has 0 aromatic carbocycles. The summed E-state index contributed by atoms with van der Waals surface area (Å²) in [4.78, 5) is 0. The number of hydrogen-bond acceptors (Lipinski definition) is 2. The van der Waals surface area contributed by atoms with Crippen molar-refractivity contribution in [3.8, 4) is 0 Å². The van der Waals surface area contributed by atoms with Gasteiger partial charge in [-0.1, -0.05) is 26.7 Å². The first kappa shape index (κ1) is 29.2. The van der Waals surface area contributed by atoms with E-state index in [1.807, 2.05) is 0 Å². The monoisotopic (exact) mass is 268 g/mol. The number of aliphatic hydroxyl groups is 2. The smallest absolute Gasteiger partial charge is 0.400 e. The third-order valence-electron chi connectivity index (χ3n) is 0.707. The molecule has 82 valence electrons. The molecule has 0 spiro atoms. The molecule has 2 nitrogen and oxygen atoms in total. The van der Waals surface area contributed by atoms with Crippen LogP contribution in [0.1, 0.15) is 39.5 Å². The minimum atomic E-state index is 0. The van der Waals surface area contributed by atoms with Crippen LogP contribution in [0.25, 0.3) is 0 Å². The van der Waals surface area contributed by atoms with Crippen LogP contribution in [0.2, 0.25) is 0 Å². The Morgan fingerprint density at radius 3 is 0.846 bits per heavy atom. The van der Waals surface area contributed by atoms with Crippen molar-refractivity contribution >= 4 is 0 Å². The molecular formula is C10H26O2Zr. The van der Waals surface area contributed by atoms with Crippen LogP contribution >= 0.6 is 0 Å². The Hall–Kier alpha value is 0.803. The van der Waals surface area contributed by atoms with Gasteiger partial charge in [0.1, 0.15) is 0 Å². The Morgan fingerprint density at radius 2 is 0.846 bits per heavy atom. The van der Waals surface area contributed by atoms with E-state index in [0.717, 1.165) is 27.1 Å². The van der Waals surface area contributed by atoms with Gasteiger partial charge in [-0.3, -0.25) is 0 Å². The summed E-state index contributed by atoms with van der Waals surface area (Å²) in [5.74, 6) is 0. The summed E-state index contributed by atoms with van der Waals surface area (Å²) in [7, 11) is 2.00. The Balaban J connectivity index is -0.0000000226. The Bertz CT molecular complexity index is 20.9. The fourth-order valence-electron chi connectivity index (χ4n) is 0. The molecule has 0 heterocycles. The molecule has 0 bridgehead atoms. The molecule has 0 atom stereocenters. The summed E-state index contributed by atoms with van der Waals surface area (Å²) in [6, 6.07) is 0. The van der Waals surface area contributed by atoms with Gasteiger partial charge in [0.05, 0.1) is 0 Å². The van der Waals surface area contributed by atoms with E-state index in [0.29, 0.717) is 0 Å². The van der Waals surface area contributed by atoms with E-state index in [1.165, 1.54) is 12.8 Å². The van der Waals surface area contributed by atoms with Crippen molar-refractivity contribution in [3.05, 3.63) is 13.8 Å². The molecule has 0 amide bonds. The van der Waals surface area contributed by atoms with Gasteiger partial charge in [0.2, 0.25) is 0 Å². The summed E-state index contributed by atoms with van der Waals surface area (Å²) >= 11 is 0. The first-order chi connectivity index (χ1) is 5.83. The van der Waals surface area contributed by atoms with Gasteiger partial charge in [0.15, 0.2) is 0 Å². The summed E-state index contributed by atoms with van der Waals surface area (Å²) < 4.78 is 0. The molecule has 13 heavy (non-hydrogen) atoms. The molecule has 0 rings (SSSR count). The van der Waals surface area contributed by atoms with Crippen molar-refractivity contribution in [2.24, 2.45) is 0 Å². The Labute approximate surface area is 104 Å². The molecule has 3 heteroatoms. The molecule has 0 aliphatic rings. The van der Waals surface area contributed by atoms with Gasteiger partial charge in [0, 0.05) is 14.2 Å². The van der Waals surface area contributed by atoms with Crippen molar-refractivity contribution in [1.29, 1.82) is 0 Å². The van der Waals surface area contributed by atoms with Crippen LogP contribution in [0.5, 0.6) is 0 Å². The van der Waals surface area contributed by atoms with Crippen molar-refractivity contribution in [1.82, 2.24) is 0 Å². The normalized spacial score (nSPS) is 5.54. The second-order valence-electron chi connectivity index (χ2n) is 1.71. The predicted molar refractivity (Wildman–Crippen MR) is 56.8 cm³/mol. The summed E-state index contributed by atoms with van der Waals surface area (Å²) in [5, 5.41) is 14.0. The van der Waals surface area contributed by atoms with E-state index in [-0.39, 0.29) is 26.2 Å². The number of hydrogen-bond donors (Lipinski definition) is 2. The van der Waals surface area contributed by atoms with Crippen LogP contribution in [-0.2, 0) is 26.2 Å². The number of unbranched alkanes of at least 4 members (excludes halogenated alkanes) is 2. The zero-order valence-electron chi connectivity index (χ0n) is 9.64. The SMILES string of the molecule is CO.CO.[CH2-]CCC.[CH2-]CCC.[Zr+2]. The fraction of sp³-hybridized carbons (Fsp3) is 0.800. The minimum Gasteiger partial charge on any atom is -0.400 e. The maximum absolute atomic E-state index is 7.00. The average Bonchev–Trinajstić information content (AvgIpc) is 2.23. The maximum atomic E-state index is 7.00. The van der Waals surface area contributed by atoms with E-state index in [9.17, 15) is 0 Å². The molecule has 0 saturated heterocycles. The largest absolute Gasteiger partial charge is 2.00 e. The number of rotatable bonds is 2. The molecule has 0 aliphatic heterocycles. The van der Waals surface area contributed by atoms with Gasteiger partial charge in [-0.05, 0) is 0 Å². The van der Waals surface area contributed by atoms with Crippen molar-refractivity contribution < 1.29 is 36.4 Å². The summed E-state index contributed by atoms with van der Waals surface area (Å²) in [6.45, 7) is 11.4. The molecule has 0 aromatic rings.